The molecule has 0 fully saturated rings. The molecule has 2 amide bonds. The predicted molar refractivity (Wildman–Crippen MR) is 79.4 cm³/mol. The van der Waals surface area contributed by atoms with Gasteiger partial charge in [-0.15, -0.1) is 0 Å². The lowest BCUT2D eigenvalue weighted by atomic mass is 10.1. The summed E-state index contributed by atoms with van der Waals surface area (Å²) in [6, 6.07) is 5.43. The molecule has 1 atom stereocenters. The number of ether oxygens (including phenoxy) is 1. The lowest BCUT2D eigenvalue weighted by Gasteiger charge is -2.20. The lowest BCUT2D eigenvalue weighted by Crippen LogP contribution is -2.40. The van der Waals surface area contributed by atoms with Crippen molar-refractivity contribution in [3.05, 3.63) is 29.3 Å². The SMILES string of the molecule is COc1cc(C)ccc1CNC(=O)N(C)CC(C)C(=O)O. The van der Waals surface area contributed by atoms with Gasteiger partial charge in [-0.3, -0.25) is 4.79 Å². The van der Waals surface area contributed by atoms with Crippen LogP contribution in [0.4, 0.5) is 4.79 Å². The number of carboxylic acid groups (broad SMARTS) is 1. The first-order chi connectivity index (χ1) is 9.85. The summed E-state index contributed by atoms with van der Waals surface area (Å²) in [7, 11) is 3.15. The second kappa shape index (κ2) is 7.52. The highest BCUT2D eigenvalue weighted by Gasteiger charge is 2.17. The molecule has 0 aliphatic rings. The van der Waals surface area contributed by atoms with E-state index in [0.717, 1.165) is 16.9 Å². The van der Waals surface area contributed by atoms with Gasteiger partial charge in [-0.05, 0) is 18.6 Å². The van der Waals surface area contributed by atoms with Gasteiger partial charge in [0.05, 0.1) is 13.0 Å². The van der Waals surface area contributed by atoms with Gasteiger partial charge in [-0.25, -0.2) is 4.79 Å². The topological polar surface area (TPSA) is 78.9 Å². The van der Waals surface area contributed by atoms with Crippen LogP contribution in [0.3, 0.4) is 0 Å². The average molecular weight is 294 g/mol. The van der Waals surface area contributed by atoms with Gasteiger partial charge in [0.2, 0.25) is 0 Å². The van der Waals surface area contributed by atoms with Crippen molar-refractivity contribution in [3.8, 4) is 5.75 Å². The third-order valence-electron chi connectivity index (χ3n) is 3.19. The molecule has 0 aliphatic heterocycles. The van der Waals surface area contributed by atoms with Crippen LogP contribution in [-0.4, -0.2) is 42.7 Å². The Bertz CT molecular complexity index is 516. The van der Waals surface area contributed by atoms with E-state index < -0.39 is 11.9 Å². The number of hydrogen-bond donors (Lipinski definition) is 2. The highest BCUT2D eigenvalue weighted by atomic mass is 16.5. The van der Waals surface area contributed by atoms with E-state index in [1.807, 2.05) is 25.1 Å². The van der Waals surface area contributed by atoms with Gasteiger partial charge in [0.15, 0.2) is 0 Å². The van der Waals surface area contributed by atoms with Crippen molar-refractivity contribution >= 4 is 12.0 Å². The Morgan fingerprint density at radius 1 is 1.43 bits per heavy atom. The smallest absolute Gasteiger partial charge is 0.317 e. The van der Waals surface area contributed by atoms with Crippen LogP contribution >= 0.6 is 0 Å². The van der Waals surface area contributed by atoms with E-state index in [1.54, 1.807) is 21.1 Å². The molecular weight excluding hydrogens is 272 g/mol. The molecule has 1 unspecified atom stereocenters. The number of methoxy groups -OCH3 is 1. The second-order valence-corrected chi connectivity index (χ2v) is 5.09. The molecule has 0 aromatic heterocycles. The first-order valence-corrected chi connectivity index (χ1v) is 6.70. The van der Waals surface area contributed by atoms with Gasteiger partial charge >= 0.3 is 12.0 Å². The summed E-state index contributed by atoms with van der Waals surface area (Å²) in [5.41, 5.74) is 1.95. The number of benzene rings is 1. The van der Waals surface area contributed by atoms with Crippen molar-refractivity contribution in [2.75, 3.05) is 20.7 Å². The number of nitrogens with one attached hydrogen (secondary N) is 1. The van der Waals surface area contributed by atoms with Crippen LogP contribution < -0.4 is 10.1 Å². The second-order valence-electron chi connectivity index (χ2n) is 5.09. The fourth-order valence-electron chi connectivity index (χ4n) is 1.88. The minimum absolute atomic E-state index is 0.159. The van der Waals surface area contributed by atoms with Gasteiger partial charge in [0, 0.05) is 25.7 Å². The Morgan fingerprint density at radius 2 is 2.10 bits per heavy atom. The highest BCUT2D eigenvalue weighted by molar-refractivity contribution is 5.75. The van der Waals surface area contributed by atoms with Crippen LogP contribution in [0, 0.1) is 12.8 Å². The van der Waals surface area contributed by atoms with Gasteiger partial charge < -0.3 is 20.1 Å². The fourth-order valence-corrected chi connectivity index (χ4v) is 1.88. The molecular formula is C15H22N2O4. The molecule has 0 bridgehead atoms. The van der Waals surface area contributed by atoms with Crippen molar-refractivity contribution in [1.29, 1.82) is 0 Å². The van der Waals surface area contributed by atoms with Crippen LogP contribution in [0.25, 0.3) is 0 Å². The van der Waals surface area contributed by atoms with E-state index in [1.165, 1.54) is 4.90 Å². The summed E-state index contributed by atoms with van der Waals surface area (Å²) >= 11 is 0. The van der Waals surface area contributed by atoms with E-state index in [0.29, 0.717) is 6.54 Å². The fraction of sp³-hybridized carbons (Fsp3) is 0.467. The minimum Gasteiger partial charge on any atom is -0.496 e. The predicted octanol–water partition coefficient (Wildman–Crippen LogP) is 1.87. The quantitative estimate of drug-likeness (QED) is 0.839. The van der Waals surface area contributed by atoms with Crippen LogP contribution in [-0.2, 0) is 11.3 Å². The normalized spacial score (nSPS) is 11.6. The number of carbonyl (C=O) groups is 2. The molecule has 1 aromatic rings. The number of nitrogens with zero attached hydrogens (tertiary/aromatic N) is 1. The summed E-state index contributed by atoms with van der Waals surface area (Å²) in [5, 5.41) is 11.6. The molecule has 1 rings (SSSR count). The summed E-state index contributed by atoms with van der Waals surface area (Å²) in [6.45, 7) is 4.02. The molecule has 2 N–H and O–H groups in total. The number of urea groups is 1. The number of aliphatic carboxylic acids is 1. The standard InChI is InChI=1S/C15H22N2O4/c1-10-5-6-12(13(7-10)21-4)8-16-15(20)17(3)9-11(2)14(18)19/h5-7,11H,8-9H2,1-4H3,(H,16,20)(H,18,19). The molecule has 0 heterocycles. The van der Waals surface area contributed by atoms with Crippen LogP contribution in [0.15, 0.2) is 18.2 Å². The third kappa shape index (κ3) is 4.98. The van der Waals surface area contributed by atoms with E-state index in [-0.39, 0.29) is 12.6 Å². The van der Waals surface area contributed by atoms with E-state index in [9.17, 15) is 9.59 Å². The Morgan fingerprint density at radius 3 is 2.67 bits per heavy atom. The molecule has 6 heteroatoms. The number of carbonyl (C=O) groups excluding carboxylic acids is 1. The van der Waals surface area contributed by atoms with Crippen molar-refractivity contribution in [3.63, 3.8) is 0 Å². The zero-order chi connectivity index (χ0) is 16.0. The number of hydrogen-bond acceptors (Lipinski definition) is 3. The number of carboxylic acids is 1. The van der Waals surface area contributed by atoms with E-state index >= 15 is 0 Å². The Balaban J connectivity index is 2.58. The average Bonchev–Trinajstić information content (AvgIpc) is 2.44. The van der Waals surface area contributed by atoms with Crippen LogP contribution in [0.5, 0.6) is 5.75 Å². The van der Waals surface area contributed by atoms with Crippen LogP contribution in [0.2, 0.25) is 0 Å². The number of aryl methyl sites for hydroxylation is 1. The van der Waals surface area contributed by atoms with Gasteiger partial charge in [0.25, 0.3) is 0 Å². The number of rotatable bonds is 6. The summed E-state index contributed by atoms with van der Waals surface area (Å²) in [4.78, 5) is 24.1. The molecule has 116 valence electrons. The summed E-state index contributed by atoms with van der Waals surface area (Å²) in [6.07, 6.45) is 0. The van der Waals surface area contributed by atoms with Gasteiger partial charge in [-0.1, -0.05) is 19.1 Å². The van der Waals surface area contributed by atoms with Crippen molar-refractivity contribution in [1.82, 2.24) is 10.2 Å². The van der Waals surface area contributed by atoms with E-state index in [2.05, 4.69) is 5.32 Å². The molecule has 0 spiro atoms. The summed E-state index contributed by atoms with van der Waals surface area (Å²) < 4.78 is 5.27. The molecule has 21 heavy (non-hydrogen) atoms. The maximum absolute atomic E-state index is 11.9. The first-order valence-electron chi connectivity index (χ1n) is 6.70. The molecule has 0 radical (unpaired) electrons. The Hall–Kier alpha value is -2.24. The number of amides is 2. The molecule has 6 nitrogen and oxygen atoms in total. The molecule has 0 saturated heterocycles. The molecule has 0 aliphatic carbocycles. The molecule has 1 aromatic carbocycles. The lowest BCUT2D eigenvalue weighted by molar-refractivity contribution is -0.141. The zero-order valence-electron chi connectivity index (χ0n) is 12.8. The highest BCUT2D eigenvalue weighted by Crippen LogP contribution is 2.19. The van der Waals surface area contributed by atoms with E-state index in [4.69, 9.17) is 9.84 Å². The summed E-state index contributed by atoms with van der Waals surface area (Å²) in [5.74, 6) is -0.804. The Labute approximate surface area is 124 Å². The largest absolute Gasteiger partial charge is 0.496 e. The zero-order valence-corrected chi connectivity index (χ0v) is 12.8. The third-order valence-corrected chi connectivity index (χ3v) is 3.19. The maximum atomic E-state index is 11.9. The van der Waals surface area contributed by atoms with Gasteiger partial charge in [0.1, 0.15) is 5.75 Å². The van der Waals surface area contributed by atoms with Gasteiger partial charge in [-0.2, -0.15) is 0 Å². The van der Waals surface area contributed by atoms with Crippen molar-refractivity contribution < 1.29 is 19.4 Å². The Kier molecular flexibility index (Phi) is 6.02. The maximum Gasteiger partial charge on any atom is 0.317 e. The van der Waals surface area contributed by atoms with Crippen molar-refractivity contribution in [2.45, 2.75) is 20.4 Å². The van der Waals surface area contributed by atoms with Crippen molar-refractivity contribution in [2.24, 2.45) is 5.92 Å². The first kappa shape index (κ1) is 16.8. The molecule has 0 saturated carbocycles. The van der Waals surface area contributed by atoms with Crippen LogP contribution in [0.1, 0.15) is 18.1 Å². The minimum atomic E-state index is -0.921. The monoisotopic (exact) mass is 294 g/mol.